The Labute approximate surface area is 173 Å². The number of rotatable bonds is 5. The molecule has 2 aromatic carbocycles. The molecule has 0 spiro atoms. The summed E-state index contributed by atoms with van der Waals surface area (Å²) < 4.78 is 2.28. The van der Waals surface area contributed by atoms with E-state index in [0.717, 1.165) is 36.2 Å². The minimum atomic E-state index is -0.0255. The smallest absolute Gasteiger partial charge is 0.268 e. The molecule has 1 aliphatic rings. The van der Waals surface area contributed by atoms with Crippen LogP contribution < -0.4 is 5.32 Å². The van der Waals surface area contributed by atoms with E-state index in [1.54, 1.807) is 0 Å². The van der Waals surface area contributed by atoms with Crippen molar-refractivity contribution in [1.82, 2.24) is 9.88 Å². The summed E-state index contributed by atoms with van der Waals surface area (Å²) >= 11 is 0. The highest BCUT2D eigenvalue weighted by molar-refractivity contribution is 5.95. The number of aromatic nitrogens is 1. The van der Waals surface area contributed by atoms with Crippen LogP contribution in [0.3, 0.4) is 0 Å². The van der Waals surface area contributed by atoms with Gasteiger partial charge in [-0.3, -0.25) is 4.79 Å². The Kier molecular flexibility index (Phi) is 5.57. The molecule has 0 unspecified atom stereocenters. The van der Waals surface area contributed by atoms with Crippen LogP contribution in [0.15, 0.2) is 54.6 Å². The molecule has 0 saturated carbocycles. The minimum Gasteiger partial charge on any atom is -0.344 e. The monoisotopic (exact) mass is 386 g/mol. The van der Waals surface area contributed by atoms with Gasteiger partial charge in [-0.2, -0.15) is 0 Å². The highest BCUT2D eigenvalue weighted by Crippen LogP contribution is 2.31. The number of hydrogen-bond acceptors (Lipinski definition) is 1. The van der Waals surface area contributed by atoms with Gasteiger partial charge in [0.15, 0.2) is 0 Å². The molecule has 1 atom stereocenters. The summed E-state index contributed by atoms with van der Waals surface area (Å²) in [6.07, 6.45) is 4.55. The van der Waals surface area contributed by atoms with Crippen molar-refractivity contribution in [3.05, 3.63) is 93.8 Å². The maximum atomic E-state index is 13.4. The maximum absolute atomic E-state index is 13.4. The van der Waals surface area contributed by atoms with Crippen LogP contribution >= 0.6 is 0 Å². The molecule has 0 bridgehead atoms. The van der Waals surface area contributed by atoms with Crippen LogP contribution in [0.1, 0.15) is 69.8 Å². The van der Waals surface area contributed by atoms with Crippen molar-refractivity contribution in [2.75, 3.05) is 0 Å². The summed E-state index contributed by atoms with van der Waals surface area (Å²) in [7, 11) is 0. The Morgan fingerprint density at radius 3 is 2.55 bits per heavy atom. The van der Waals surface area contributed by atoms with Gasteiger partial charge in [-0.15, -0.1) is 0 Å². The molecule has 0 radical (unpaired) electrons. The average molecular weight is 387 g/mol. The third kappa shape index (κ3) is 4.00. The molecule has 29 heavy (non-hydrogen) atoms. The summed E-state index contributed by atoms with van der Waals surface area (Å²) in [5.74, 6) is 0.0286. The number of hydrogen-bond donors (Lipinski definition) is 1. The third-order valence-corrected chi connectivity index (χ3v) is 6.13. The molecule has 150 valence electrons. The lowest BCUT2D eigenvalue weighted by Gasteiger charge is -2.19. The van der Waals surface area contributed by atoms with Crippen molar-refractivity contribution in [1.29, 1.82) is 0 Å². The third-order valence-electron chi connectivity index (χ3n) is 6.13. The van der Waals surface area contributed by atoms with E-state index >= 15 is 0 Å². The molecule has 1 aliphatic carbocycles. The fourth-order valence-electron chi connectivity index (χ4n) is 4.62. The van der Waals surface area contributed by atoms with Crippen molar-refractivity contribution < 1.29 is 4.79 Å². The normalized spacial score (nSPS) is 14.3. The van der Waals surface area contributed by atoms with Crippen LogP contribution in [-0.2, 0) is 19.4 Å². The standard InChI is InChI=1S/C26H30N2O/c1-18-10-9-11-21(16-18)17-28-24-15-8-7-14-23(24)19(2)25(28)26(29)27-20(3)22-12-5-4-6-13-22/h4-6,9-13,16,20H,7-8,14-15,17H2,1-3H3,(H,27,29)/t20-/m1/s1. The molecule has 1 aromatic heterocycles. The van der Waals surface area contributed by atoms with Crippen LogP contribution in [0.2, 0.25) is 0 Å². The first-order valence-electron chi connectivity index (χ1n) is 10.7. The lowest BCUT2D eigenvalue weighted by atomic mass is 9.95. The second kappa shape index (κ2) is 8.28. The Hall–Kier alpha value is -2.81. The van der Waals surface area contributed by atoms with E-state index in [-0.39, 0.29) is 11.9 Å². The van der Waals surface area contributed by atoms with Crippen molar-refractivity contribution in [2.45, 2.75) is 59.0 Å². The van der Waals surface area contributed by atoms with Crippen molar-refractivity contribution in [3.63, 3.8) is 0 Å². The van der Waals surface area contributed by atoms with Gasteiger partial charge in [0.1, 0.15) is 5.69 Å². The predicted octanol–water partition coefficient (Wildman–Crippen LogP) is 5.52. The zero-order valence-corrected chi connectivity index (χ0v) is 17.7. The molecule has 1 amide bonds. The quantitative estimate of drug-likeness (QED) is 0.615. The Morgan fingerprint density at radius 2 is 1.79 bits per heavy atom. The van der Waals surface area contributed by atoms with E-state index in [2.05, 4.69) is 67.1 Å². The van der Waals surface area contributed by atoms with Crippen LogP contribution in [0, 0.1) is 13.8 Å². The molecule has 3 aromatic rings. The van der Waals surface area contributed by atoms with Gasteiger partial charge in [-0.25, -0.2) is 0 Å². The van der Waals surface area contributed by atoms with E-state index in [1.165, 1.54) is 35.2 Å². The molecular weight excluding hydrogens is 356 g/mol. The fourth-order valence-corrected chi connectivity index (χ4v) is 4.62. The molecule has 4 rings (SSSR count). The number of nitrogens with one attached hydrogen (secondary N) is 1. The van der Waals surface area contributed by atoms with Crippen LogP contribution in [0.25, 0.3) is 0 Å². The highest BCUT2D eigenvalue weighted by Gasteiger charge is 2.27. The summed E-state index contributed by atoms with van der Waals surface area (Å²) in [5.41, 5.74) is 8.36. The van der Waals surface area contributed by atoms with Crippen LogP contribution in [0.4, 0.5) is 0 Å². The second-order valence-electron chi connectivity index (χ2n) is 8.29. The van der Waals surface area contributed by atoms with Gasteiger partial charge >= 0.3 is 0 Å². The molecule has 0 saturated heterocycles. The molecule has 1 heterocycles. The van der Waals surface area contributed by atoms with Gasteiger partial charge in [-0.1, -0.05) is 60.2 Å². The lowest BCUT2D eigenvalue weighted by molar-refractivity contribution is 0.0930. The summed E-state index contributed by atoms with van der Waals surface area (Å²) in [5, 5.41) is 3.24. The van der Waals surface area contributed by atoms with Crippen molar-refractivity contribution in [2.24, 2.45) is 0 Å². The first-order chi connectivity index (χ1) is 14.0. The molecule has 0 fully saturated rings. The number of carbonyl (C=O) groups is 1. The van der Waals surface area contributed by atoms with Gasteiger partial charge in [0, 0.05) is 12.2 Å². The zero-order valence-electron chi connectivity index (χ0n) is 17.7. The first-order valence-corrected chi connectivity index (χ1v) is 10.7. The molecule has 1 N–H and O–H groups in total. The number of nitrogens with zero attached hydrogens (tertiary/aromatic N) is 1. The lowest BCUT2D eigenvalue weighted by Crippen LogP contribution is -2.29. The number of carbonyl (C=O) groups excluding carboxylic acids is 1. The van der Waals surface area contributed by atoms with Gasteiger partial charge in [-0.05, 0) is 68.7 Å². The van der Waals surface area contributed by atoms with E-state index < -0.39 is 0 Å². The average Bonchev–Trinajstić information content (AvgIpc) is 3.01. The summed E-state index contributed by atoms with van der Waals surface area (Å²) in [6, 6.07) is 18.7. The predicted molar refractivity (Wildman–Crippen MR) is 118 cm³/mol. The van der Waals surface area contributed by atoms with Crippen LogP contribution in [-0.4, -0.2) is 10.5 Å². The van der Waals surface area contributed by atoms with E-state index in [4.69, 9.17) is 0 Å². The SMILES string of the molecule is Cc1cccc(Cn2c3c(c(C)c2C(=O)N[C@H](C)c2ccccc2)CCCC3)c1. The minimum absolute atomic E-state index is 0.0255. The largest absolute Gasteiger partial charge is 0.344 e. The van der Waals surface area contributed by atoms with Crippen LogP contribution in [0.5, 0.6) is 0 Å². The molecule has 3 heteroatoms. The maximum Gasteiger partial charge on any atom is 0.268 e. The second-order valence-corrected chi connectivity index (χ2v) is 8.29. The number of benzene rings is 2. The van der Waals surface area contributed by atoms with Gasteiger partial charge in [0.05, 0.1) is 6.04 Å². The Morgan fingerprint density at radius 1 is 1.03 bits per heavy atom. The number of amides is 1. The molecule has 0 aliphatic heterocycles. The number of aryl methyl sites for hydroxylation is 1. The van der Waals surface area contributed by atoms with E-state index in [1.807, 2.05) is 18.2 Å². The Bertz CT molecular complexity index is 1020. The Balaban J connectivity index is 1.70. The summed E-state index contributed by atoms with van der Waals surface area (Å²) in [6.45, 7) is 7.05. The van der Waals surface area contributed by atoms with Gasteiger partial charge in [0.2, 0.25) is 0 Å². The highest BCUT2D eigenvalue weighted by atomic mass is 16.2. The number of fused-ring (bicyclic) bond motifs is 1. The topological polar surface area (TPSA) is 34.0 Å². The van der Waals surface area contributed by atoms with Crippen molar-refractivity contribution >= 4 is 5.91 Å². The van der Waals surface area contributed by atoms with Gasteiger partial charge < -0.3 is 9.88 Å². The molecule has 3 nitrogen and oxygen atoms in total. The van der Waals surface area contributed by atoms with Crippen molar-refractivity contribution in [3.8, 4) is 0 Å². The zero-order chi connectivity index (χ0) is 20.4. The van der Waals surface area contributed by atoms with Gasteiger partial charge in [0.25, 0.3) is 5.91 Å². The fraction of sp³-hybridized carbons (Fsp3) is 0.346. The molecular formula is C26H30N2O. The summed E-state index contributed by atoms with van der Waals surface area (Å²) in [4.78, 5) is 13.4. The van der Waals surface area contributed by atoms with E-state index in [9.17, 15) is 4.79 Å². The first kappa shape index (κ1) is 19.5. The van der Waals surface area contributed by atoms with E-state index in [0.29, 0.717) is 0 Å².